The average Bonchev–Trinajstić information content (AvgIpc) is 3.49. The van der Waals surface area contributed by atoms with Gasteiger partial charge in [0.05, 0.1) is 10.5 Å². The summed E-state index contributed by atoms with van der Waals surface area (Å²) in [4.78, 5) is 21.0. The number of rotatable bonds is 9. The Hall–Kier alpha value is -3.23. The lowest BCUT2D eigenvalue weighted by atomic mass is 9.96. The number of halogens is 4. The van der Waals surface area contributed by atoms with Crippen LogP contribution in [0.4, 0.5) is 24.7 Å². The molecule has 1 atom stereocenters. The minimum absolute atomic E-state index is 0.0419. The highest BCUT2D eigenvalue weighted by Crippen LogP contribution is 2.33. The van der Waals surface area contributed by atoms with Crippen molar-refractivity contribution < 1.29 is 26.4 Å². The van der Waals surface area contributed by atoms with Crippen molar-refractivity contribution in [3.05, 3.63) is 82.5 Å². The van der Waals surface area contributed by atoms with Crippen LogP contribution in [-0.2, 0) is 16.2 Å². The van der Waals surface area contributed by atoms with E-state index in [9.17, 15) is 26.4 Å². The lowest BCUT2D eigenvalue weighted by Crippen LogP contribution is -2.49. The third kappa shape index (κ3) is 7.52. The molecule has 0 aliphatic carbocycles. The van der Waals surface area contributed by atoms with Gasteiger partial charge in [-0.05, 0) is 92.5 Å². The molecule has 2 aliphatic rings. The molecule has 5 rings (SSSR count). The highest BCUT2D eigenvalue weighted by molar-refractivity contribution is 7.89. The number of aromatic nitrogens is 1. The highest BCUT2D eigenvalue weighted by atomic mass is 35.5. The number of benzene rings is 2. The molecule has 2 aromatic carbocycles. The van der Waals surface area contributed by atoms with Gasteiger partial charge >= 0.3 is 6.18 Å². The Morgan fingerprint density at radius 1 is 1.02 bits per heavy atom. The van der Waals surface area contributed by atoms with Crippen LogP contribution >= 0.6 is 11.6 Å². The number of hydrogen-bond acceptors (Lipinski definition) is 7. The van der Waals surface area contributed by atoms with Crippen molar-refractivity contribution in [3.63, 3.8) is 0 Å². The lowest BCUT2D eigenvalue weighted by Gasteiger charge is -2.35. The zero-order valence-electron chi connectivity index (χ0n) is 23.9. The molecule has 14 heteroatoms. The van der Waals surface area contributed by atoms with Crippen LogP contribution in [0.1, 0.15) is 40.2 Å². The first-order chi connectivity index (χ1) is 20.9. The molecule has 3 N–H and O–H groups in total. The maximum Gasteiger partial charge on any atom is 0.416 e. The summed E-state index contributed by atoms with van der Waals surface area (Å²) in [6.45, 7) is 3.98. The Morgan fingerprint density at radius 3 is 2.43 bits per heavy atom. The van der Waals surface area contributed by atoms with Gasteiger partial charge in [0.2, 0.25) is 10.0 Å². The molecular formula is C30H34ClF3N6O3S. The summed E-state index contributed by atoms with van der Waals surface area (Å²) in [5.74, 6) is 0.103. The fraction of sp³-hybridized carbons (Fsp3) is 0.400. The van der Waals surface area contributed by atoms with E-state index in [0.29, 0.717) is 23.7 Å². The maximum absolute atomic E-state index is 13.3. The van der Waals surface area contributed by atoms with Crippen molar-refractivity contribution >= 4 is 39.0 Å². The van der Waals surface area contributed by atoms with Gasteiger partial charge in [0, 0.05) is 44.0 Å². The van der Waals surface area contributed by atoms with Gasteiger partial charge < -0.3 is 20.9 Å². The van der Waals surface area contributed by atoms with Gasteiger partial charge in [0.25, 0.3) is 5.91 Å². The van der Waals surface area contributed by atoms with E-state index < -0.39 is 21.8 Å². The topological polar surface area (TPSA) is 112 Å². The predicted octanol–water partition coefficient (Wildman–Crippen LogP) is 4.66. The van der Waals surface area contributed by atoms with E-state index in [0.717, 1.165) is 50.2 Å². The number of likely N-dealkylation sites (tertiary alicyclic amines) is 1. The summed E-state index contributed by atoms with van der Waals surface area (Å²) in [7, 11) is -3.87. The fourth-order valence-electron chi connectivity index (χ4n) is 5.59. The first kappa shape index (κ1) is 32.2. The Bertz CT molecular complexity index is 1580. The third-order valence-electron chi connectivity index (χ3n) is 7.99. The van der Waals surface area contributed by atoms with E-state index in [1.807, 2.05) is 18.2 Å². The summed E-state index contributed by atoms with van der Waals surface area (Å²) in [6, 6.07) is 15.2. The molecule has 236 valence electrons. The Labute approximate surface area is 259 Å². The van der Waals surface area contributed by atoms with Gasteiger partial charge in [0.15, 0.2) is 0 Å². The number of carbonyl (C=O) groups excluding carboxylic acids is 1. The molecule has 0 spiro atoms. The Kier molecular flexibility index (Phi) is 9.80. The first-order valence-electron chi connectivity index (χ1n) is 14.4. The van der Waals surface area contributed by atoms with Crippen LogP contribution in [0.15, 0.2) is 65.6 Å². The molecule has 9 nitrogen and oxygen atoms in total. The largest absolute Gasteiger partial charge is 0.416 e. The average molecular weight is 651 g/mol. The number of nitrogens with zero attached hydrogens (tertiary/aromatic N) is 4. The number of anilines is 2. The van der Waals surface area contributed by atoms with Crippen LogP contribution in [0.2, 0.25) is 5.15 Å². The standard InChI is InChI=1S/C30H34ClF3N6O3S/c31-27-18-24(30(32,33)34)19-28(37-27)39-13-15-40(16-14-39)44(42,43)26-7-5-25(6-8-26)36-29(41)22-4-1-3-21(17-22)23-9-12-38(20-23)11-2-10-35/h1,3-8,17-19,23H,2,9-16,20,35H2,(H,36,41). The number of hydrogen-bond donors (Lipinski definition) is 2. The van der Waals surface area contributed by atoms with Crippen LogP contribution in [0.3, 0.4) is 0 Å². The van der Waals surface area contributed by atoms with Crippen LogP contribution in [0.25, 0.3) is 0 Å². The van der Waals surface area contributed by atoms with Gasteiger partial charge in [-0.1, -0.05) is 23.7 Å². The van der Waals surface area contributed by atoms with E-state index >= 15 is 0 Å². The molecule has 2 saturated heterocycles. The normalized spacial score (nSPS) is 18.5. The molecule has 3 aromatic rings. The number of piperazine rings is 1. The summed E-state index contributed by atoms with van der Waals surface area (Å²) in [6.07, 6.45) is -2.59. The molecule has 0 saturated carbocycles. The van der Waals surface area contributed by atoms with Crippen molar-refractivity contribution in [3.8, 4) is 0 Å². The highest BCUT2D eigenvalue weighted by Gasteiger charge is 2.34. The molecule has 0 radical (unpaired) electrons. The second-order valence-corrected chi connectivity index (χ2v) is 13.3. The van der Waals surface area contributed by atoms with E-state index in [4.69, 9.17) is 17.3 Å². The SMILES string of the molecule is NCCCN1CCC(c2cccc(C(=O)Nc3ccc(S(=O)(=O)N4CCN(c5cc(C(F)(F)F)cc(Cl)n5)CC4)cc3)c2)C1. The van der Waals surface area contributed by atoms with Crippen LogP contribution in [0, 0.1) is 0 Å². The smallest absolute Gasteiger partial charge is 0.354 e. The maximum atomic E-state index is 13.3. The van der Waals surface area contributed by atoms with Gasteiger partial charge in [-0.15, -0.1) is 0 Å². The quantitative estimate of drug-likeness (QED) is 0.324. The minimum Gasteiger partial charge on any atom is -0.354 e. The molecule has 44 heavy (non-hydrogen) atoms. The number of alkyl halides is 3. The molecule has 1 aromatic heterocycles. The van der Waals surface area contributed by atoms with Crippen molar-refractivity contribution in [2.45, 2.75) is 29.8 Å². The van der Waals surface area contributed by atoms with E-state index in [1.165, 1.54) is 28.6 Å². The molecule has 1 amide bonds. The van der Waals surface area contributed by atoms with Gasteiger partial charge in [-0.2, -0.15) is 17.5 Å². The van der Waals surface area contributed by atoms with Crippen molar-refractivity contribution in [2.24, 2.45) is 5.73 Å². The second-order valence-electron chi connectivity index (χ2n) is 11.0. The zero-order chi connectivity index (χ0) is 31.5. The van der Waals surface area contributed by atoms with E-state index in [2.05, 4.69) is 15.2 Å². The molecule has 0 bridgehead atoms. The number of nitrogens with two attached hydrogens (primary N) is 1. The number of sulfonamides is 1. The van der Waals surface area contributed by atoms with Crippen LogP contribution in [-0.4, -0.2) is 80.9 Å². The first-order valence-corrected chi connectivity index (χ1v) is 16.2. The monoisotopic (exact) mass is 650 g/mol. The summed E-state index contributed by atoms with van der Waals surface area (Å²) in [5.41, 5.74) is 6.81. The summed E-state index contributed by atoms with van der Waals surface area (Å²) >= 11 is 5.81. The van der Waals surface area contributed by atoms with Gasteiger partial charge in [-0.25, -0.2) is 13.4 Å². The lowest BCUT2D eigenvalue weighted by molar-refractivity contribution is -0.137. The fourth-order valence-corrected chi connectivity index (χ4v) is 7.21. The number of carbonyl (C=O) groups is 1. The second kappa shape index (κ2) is 13.4. The zero-order valence-corrected chi connectivity index (χ0v) is 25.5. The van der Waals surface area contributed by atoms with E-state index in [1.54, 1.807) is 11.0 Å². The molecule has 3 heterocycles. The Balaban J connectivity index is 1.18. The molecule has 2 fully saturated rings. The van der Waals surface area contributed by atoms with Crippen molar-refractivity contribution in [1.82, 2.24) is 14.2 Å². The van der Waals surface area contributed by atoms with Crippen molar-refractivity contribution in [2.75, 3.05) is 62.6 Å². The molecular weight excluding hydrogens is 617 g/mol. The predicted molar refractivity (Wildman–Crippen MR) is 164 cm³/mol. The summed E-state index contributed by atoms with van der Waals surface area (Å²) < 4.78 is 67.5. The minimum atomic E-state index is -4.58. The molecule has 1 unspecified atom stereocenters. The van der Waals surface area contributed by atoms with E-state index in [-0.39, 0.29) is 48.0 Å². The van der Waals surface area contributed by atoms with Crippen LogP contribution in [0.5, 0.6) is 0 Å². The van der Waals surface area contributed by atoms with Crippen LogP contribution < -0.4 is 16.0 Å². The Morgan fingerprint density at radius 2 is 1.75 bits per heavy atom. The molecule has 2 aliphatic heterocycles. The number of pyridine rings is 1. The van der Waals surface area contributed by atoms with Gasteiger partial charge in [-0.3, -0.25) is 4.79 Å². The van der Waals surface area contributed by atoms with Gasteiger partial charge in [0.1, 0.15) is 11.0 Å². The number of amides is 1. The number of nitrogens with one attached hydrogen (secondary N) is 1. The van der Waals surface area contributed by atoms with Crippen molar-refractivity contribution in [1.29, 1.82) is 0 Å². The third-order valence-corrected chi connectivity index (χ3v) is 10.1. The summed E-state index contributed by atoms with van der Waals surface area (Å²) in [5, 5.41) is 2.55.